The number of azide groups is 2. The van der Waals surface area contributed by atoms with Crippen LogP contribution in [0.25, 0.3) is 20.9 Å². The van der Waals surface area contributed by atoms with E-state index in [-0.39, 0.29) is 50.5 Å². The van der Waals surface area contributed by atoms with Crippen molar-refractivity contribution in [2.75, 3.05) is 19.8 Å². The first-order valence-corrected chi connectivity index (χ1v) is 24.9. The number of hydrogen-bond acceptors (Lipinski definition) is 16. The molecule has 2 aromatic carbocycles. The topological polar surface area (TPSA) is 242 Å². The highest BCUT2D eigenvalue weighted by atomic mass is 16.8. The van der Waals surface area contributed by atoms with E-state index in [1.54, 1.807) is 0 Å². The summed E-state index contributed by atoms with van der Waals surface area (Å²) in [6.07, 6.45) is -3.64. The first-order chi connectivity index (χ1) is 34.6. The number of carbonyl (C=O) groups is 2. The fraction of sp³-hybridized carbons (Fsp3) is 0.692. The predicted octanol–water partition coefficient (Wildman–Crippen LogP) is 8.35. The molecule has 20 atom stereocenters. The summed E-state index contributed by atoms with van der Waals surface area (Å²) < 4.78 is 77.3. The van der Waals surface area contributed by atoms with E-state index >= 15 is 0 Å². The first kappa shape index (κ1) is 56.5. The second-order valence-electron chi connectivity index (χ2n) is 19.3. The van der Waals surface area contributed by atoms with Crippen LogP contribution in [0, 0.1) is 41.9 Å². The molecule has 9 unspecified atom stereocenters. The number of carbonyl (C=O) groups excluding carboxylic acids is 2. The zero-order valence-electron chi connectivity index (χ0n) is 42.7. The lowest BCUT2D eigenvalue weighted by Gasteiger charge is -2.51. The lowest BCUT2D eigenvalue weighted by Crippen LogP contribution is -2.63. The zero-order chi connectivity index (χ0) is 51.9. The highest BCUT2D eigenvalue weighted by Crippen LogP contribution is 2.42. The van der Waals surface area contributed by atoms with Gasteiger partial charge in [-0.15, -0.1) is 12.3 Å². The van der Waals surface area contributed by atoms with Crippen molar-refractivity contribution in [3.05, 3.63) is 92.7 Å². The molecule has 72 heavy (non-hydrogen) atoms. The molecule has 2 aromatic rings. The fourth-order valence-corrected chi connectivity index (χ4v) is 9.92. The van der Waals surface area contributed by atoms with Crippen LogP contribution in [0.4, 0.5) is 0 Å². The van der Waals surface area contributed by atoms with Gasteiger partial charge in [0.1, 0.15) is 31.5 Å². The van der Waals surface area contributed by atoms with Crippen molar-refractivity contribution in [1.82, 2.24) is 0 Å². The largest absolute Gasteiger partial charge is 0.463 e. The predicted molar refractivity (Wildman–Crippen MR) is 260 cm³/mol. The van der Waals surface area contributed by atoms with E-state index in [2.05, 4.69) is 32.9 Å². The molecule has 4 saturated heterocycles. The van der Waals surface area contributed by atoms with Gasteiger partial charge < -0.3 is 56.8 Å². The van der Waals surface area contributed by atoms with Gasteiger partial charge in [-0.3, -0.25) is 9.59 Å². The molecular weight excluding hydrogens is 933 g/mol. The molecule has 394 valence electrons. The maximum absolute atomic E-state index is 12.3. The highest BCUT2D eigenvalue weighted by Gasteiger charge is 2.54. The first-order valence-electron chi connectivity index (χ1n) is 24.9. The number of benzene rings is 2. The average molecular weight is 1010 g/mol. The van der Waals surface area contributed by atoms with E-state index in [4.69, 9.17) is 63.3 Å². The number of unbranched alkanes of at least 4 members (excludes halogenated alkanes) is 1. The lowest BCUT2D eigenvalue weighted by molar-refractivity contribution is -0.361. The Balaban J connectivity index is 1.26. The number of terminal acetylenes is 1. The van der Waals surface area contributed by atoms with Crippen molar-refractivity contribution in [2.45, 2.75) is 181 Å². The minimum atomic E-state index is -1.20. The van der Waals surface area contributed by atoms with Crippen molar-refractivity contribution in [2.24, 2.45) is 39.8 Å². The summed E-state index contributed by atoms with van der Waals surface area (Å²) in [5.41, 5.74) is 21.6. The molecule has 4 aliphatic heterocycles. The molecule has 20 heteroatoms. The molecule has 4 heterocycles. The third-order valence-electron chi connectivity index (χ3n) is 14.1. The third kappa shape index (κ3) is 14.7. The van der Waals surface area contributed by atoms with Crippen LogP contribution >= 0.6 is 0 Å². The molecule has 0 aromatic heterocycles. The van der Waals surface area contributed by atoms with Crippen LogP contribution in [-0.4, -0.2) is 124 Å². The van der Waals surface area contributed by atoms with E-state index in [0.29, 0.717) is 19.4 Å². The Morgan fingerprint density at radius 3 is 1.53 bits per heavy atom. The Hall–Kier alpha value is -4.84. The number of hydrogen-bond donors (Lipinski definition) is 0. The van der Waals surface area contributed by atoms with Gasteiger partial charge in [-0.05, 0) is 54.3 Å². The van der Waals surface area contributed by atoms with Crippen molar-refractivity contribution in [3.63, 3.8) is 0 Å². The molecule has 4 fully saturated rings. The minimum absolute atomic E-state index is 0.0382. The molecule has 0 amide bonds. The third-order valence-corrected chi connectivity index (χ3v) is 14.1. The molecule has 6 rings (SSSR count). The second-order valence-corrected chi connectivity index (χ2v) is 19.3. The molecule has 0 bridgehead atoms. The van der Waals surface area contributed by atoms with Gasteiger partial charge in [0.25, 0.3) is 0 Å². The Labute approximate surface area is 422 Å². The van der Waals surface area contributed by atoms with E-state index in [1.807, 2.05) is 102 Å². The van der Waals surface area contributed by atoms with Gasteiger partial charge in [-0.1, -0.05) is 106 Å². The van der Waals surface area contributed by atoms with Gasteiger partial charge in [-0.25, -0.2) is 0 Å². The maximum Gasteiger partial charge on any atom is 0.302 e. The minimum Gasteiger partial charge on any atom is -0.463 e. The summed E-state index contributed by atoms with van der Waals surface area (Å²) in [7, 11) is 0. The molecule has 0 aliphatic carbocycles. The summed E-state index contributed by atoms with van der Waals surface area (Å²) in [5.74, 6) is -0.326. The van der Waals surface area contributed by atoms with E-state index in [1.165, 1.54) is 13.8 Å². The van der Waals surface area contributed by atoms with Crippen LogP contribution < -0.4 is 0 Å². The normalized spacial score (nSPS) is 36.7. The van der Waals surface area contributed by atoms with Gasteiger partial charge in [0.15, 0.2) is 25.2 Å². The van der Waals surface area contributed by atoms with E-state index in [9.17, 15) is 20.7 Å². The van der Waals surface area contributed by atoms with Gasteiger partial charge >= 0.3 is 11.9 Å². The summed E-state index contributed by atoms with van der Waals surface area (Å²) in [5, 5.41) is 8.29. The van der Waals surface area contributed by atoms with Crippen LogP contribution in [0.15, 0.2) is 70.9 Å². The van der Waals surface area contributed by atoms with Gasteiger partial charge in [-0.2, -0.15) is 0 Å². The van der Waals surface area contributed by atoms with Crippen LogP contribution in [0.3, 0.4) is 0 Å². The second kappa shape index (κ2) is 27.4. The summed E-state index contributed by atoms with van der Waals surface area (Å²) in [6.45, 7) is 16.6. The van der Waals surface area contributed by atoms with Crippen molar-refractivity contribution < 1.29 is 66.4 Å². The van der Waals surface area contributed by atoms with Gasteiger partial charge in [0.2, 0.25) is 0 Å². The summed E-state index contributed by atoms with van der Waals surface area (Å²) >= 11 is 0. The Morgan fingerprint density at radius 2 is 1.03 bits per heavy atom. The zero-order valence-corrected chi connectivity index (χ0v) is 42.7. The Morgan fingerprint density at radius 1 is 0.569 bits per heavy atom. The molecule has 0 N–H and O–H groups in total. The average Bonchev–Trinajstić information content (AvgIpc) is 3.36. The summed E-state index contributed by atoms with van der Waals surface area (Å²) in [6, 6.07) is 17.8. The van der Waals surface area contributed by atoms with Crippen molar-refractivity contribution >= 4 is 11.9 Å². The number of esters is 2. The molecular formula is C52H72N6O14. The van der Waals surface area contributed by atoms with E-state index in [0.717, 1.165) is 11.1 Å². The van der Waals surface area contributed by atoms with Gasteiger partial charge in [0, 0.05) is 47.8 Å². The number of nitrogens with zero attached hydrogens (tertiary/aromatic N) is 6. The van der Waals surface area contributed by atoms with E-state index < -0.39 is 110 Å². The Kier molecular flexibility index (Phi) is 21.5. The van der Waals surface area contributed by atoms with Crippen LogP contribution in [0.5, 0.6) is 0 Å². The molecule has 4 aliphatic rings. The molecule has 0 radical (unpaired) electrons. The van der Waals surface area contributed by atoms with Gasteiger partial charge in [0.05, 0.1) is 68.5 Å². The fourth-order valence-electron chi connectivity index (χ4n) is 9.92. The highest BCUT2D eigenvalue weighted by molar-refractivity contribution is 5.66. The number of ether oxygens (including phenoxy) is 12. The van der Waals surface area contributed by atoms with Crippen molar-refractivity contribution in [3.8, 4) is 12.3 Å². The smallest absolute Gasteiger partial charge is 0.302 e. The standard InChI is InChI=1S/C52H72N6O14/c1-11-12-19-24-61-51-42(55-57-53)30(3)45(40(68-51)27-62-36(9)59)71-50-33(6)47(65-26-39-22-17-14-18-23-39)48(35(8)67-50)72-52-43(56-58-54)31(4)46(41(69-52)28-63-37(10)60)70-49-32(5)44(29(2)34(7)66-49)64-25-38-20-15-13-16-21-38/h1,13-18,20-23,29-35,40-52H,12,19,24-28H2,2-10H3/t29-,30-,31-,32?,33?,34?,35?,40?,41?,42?,43?,44-,45+,46+,47+,48-,49+,50+,51?,52+/m1/s1. The van der Waals surface area contributed by atoms with Crippen LogP contribution in [0.1, 0.15) is 86.3 Å². The monoisotopic (exact) mass is 1000 g/mol. The lowest BCUT2D eigenvalue weighted by atomic mass is 9.85. The van der Waals surface area contributed by atoms with Crippen LogP contribution in [0.2, 0.25) is 0 Å². The quantitative estimate of drug-likeness (QED) is 0.0269. The van der Waals surface area contributed by atoms with Crippen LogP contribution in [-0.2, 0) is 79.6 Å². The SMILES string of the molecule is C#CCCCOC1OC(COC(C)=O)[C@@H](O[C@@H]2OC(C)[C@@H](O[C@@H]3OC(COC(C)=O)[C@@H](O[C@@H]4OC(C)[C@@H](C)[C@@H](OCc5ccccc5)C4C)[C@H](C)C3N=[N+]=[N-])[C@@H](OCc3ccccc3)C2C)[C@H](C)C1N=[N+]=[N-]. The summed E-state index contributed by atoms with van der Waals surface area (Å²) in [4.78, 5) is 30.8. The Bertz CT molecular complexity index is 2160. The molecule has 0 spiro atoms. The molecule has 0 saturated carbocycles. The number of rotatable bonds is 22. The maximum atomic E-state index is 12.3. The van der Waals surface area contributed by atoms with Crippen molar-refractivity contribution in [1.29, 1.82) is 0 Å². The molecule has 20 nitrogen and oxygen atoms in total.